The van der Waals surface area contributed by atoms with Crippen molar-refractivity contribution in [2.45, 2.75) is 46.5 Å². The molecule has 0 unspecified atom stereocenters. The van der Waals surface area contributed by atoms with Crippen LogP contribution in [0.5, 0.6) is 5.88 Å². The number of nitrogens with two attached hydrogens (primary N) is 1. The van der Waals surface area contributed by atoms with Gasteiger partial charge in [0.25, 0.3) is 0 Å². The van der Waals surface area contributed by atoms with Crippen LogP contribution in [0, 0.1) is 11.8 Å². The Bertz CT molecular complexity index is 442. The molecule has 1 fully saturated rings. The smallest absolute Gasteiger partial charge is 0.239 e. The van der Waals surface area contributed by atoms with Gasteiger partial charge in [0.2, 0.25) is 5.88 Å². The number of aromatic nitrogens is 1. The number of ether oxygens (including phenoxy) is 1. The molecule has 0 amide bonds. The minimum Gasteiger partial charge on any atom is -0.476 e. The number of hydrogen-bond donors (Lipinski definition) is 1. The average Bonchev–Trinajstić information content (AvgIpc) is 3.32. The van der Waals surface area contributed by atoms with Crippen LogP contribution in [0.2, 0.25) is 0 Å². The highest BCUT2D eigenvalue weighted by molar-refractivity contribution is 5.54. The fourth-order valence-corrected chi connectivity index (χ4v) is 2.46. The van der Waals surface area contributed by atoms with Gasteiger partial charge in [0.15, 0.2) is 0 Å². The van der Waals surface area contributed by atoms with Gasteiger partial charge in [-0.2, -0.15) is 4.98 Å². The van der Waals surface area contributed by atoms with E-state index in [-0.39, 0.29) is 0 Å². The first-order valence-corrected chi connectivity index (χ1v) is 8.32. The van der Waals surface area contributed by atoms with E-state index in [2.05, 4.69) is 30.7 Å². The monoisotopic (exact) mass is 291 g/mol. The van der Waals surface area contributed by atoms with Gasteiger partial charge in [-0.1, -0.05) is 26.7 Å². The maximum atomic E-state index is 5.99. The zero-order valence-electron chi connectivity index (χ0n) is 13.6. The second kappa shape index (κ2) is 7.53. The molecule has 0 bridgehead atoms. The topological polar surface area (TPSA) is 51.4 Å². The minimum absolute atomic E-state index is 0.599. The molecule has 2 N–H and O–H groups in total. The van der Waals surface area contributed by atoms with Gasteiger partial charge in [-0.3, -0.25) is 0 Å². The number of anilines is 2. The molecule has 4 nitrogen and oxygen atoms in total. The van der Waals surface area contributed by atoms with E-state index < -0.39 is 0 Å². The van der Waals surface area contributed by atoms with Crippen LogP contribution in [0.1, 0.15) is 46.5 Å². The molecule has 0 atom stereocenters. The number of hydrogen-bond acceptors (Lipinski definition) is 4. The highest BCUT2D eigenvalue weighted by Gasteiger charge is 2.23. The van der Waals surface area contributed by atoms with Gasteiger partial charge in [0.05, 0.1) is 12.3 Å². The van der Waals surface area contributed by atoms with Crippen LogP contribution in [0.4, 0.5) is 11.5 Å². The fraction of sp³-hybridized carbons (Fsp3) is 0.706. The third kappa shape index (κ3) is 4.51. The van der Waals surface area contributed by atoms with Crippen molar-refractivity contribution in [1.82, 2.24) is 4.98 Å². The largest absolute Gasteiger partial charge is 0.476 e. The molecule has 0 aliphatic heterocycles. The third-order valence-electron chi connectivity index (χ3n) is 4.37. The van der Waals surface area contributed by atoms with Gasteiger partial charge in [0.1, 0.15) is 5.82 Å². The zero-order valence-corrected chi connectivity index (χ0v) is 13.6. The van der Waals surface area contributed by atoms with Gasteiger partial charge in [-0.25, -0.2) is 0 Å². The lowest BCUT2D eigenvalue weighted by Crippen LogP contribution is -2.29. The SMILES string of the molecule is CCC(CC)CN(CC)c1ccc(N)c(OCC2CC2)n1. The Morgan fingerprint density at radius 3 is 2.57 bits per heavy atom. The second-order valence-electron chi connectivity index (χ2n) is 6.04. The van der Waals surface area contributed by atoms with Gasteiger partial charge >= 0.3 is 0 Å². The molecule has 0 radical (unpaired) electrons. The van der Waals surface area contributed by atoms with Gasteiger partial charge < -0.3 is 15.4 Å². The van der Waals surface area contributed by atoms with Crippen molar-refractivity contribution in [3.05, 3.63) is 12.1 Å². The van der Waals surface area contributed by atoms with Crippen molar-refractivity contribution < 1.29 is 4.74 Å². The average molecular weight is 291 g/mol. The minimum atomic E-state index is 0.599. The molecule has 0 saturated heterocycles. The van der Waals surface area contributed by atoms with E-state index in [0.717, 1.165) is 25.5 Å². The van der Waals surface area contributed by atoms with E-state index in [1.54, 1.807) is 0 Å². The van der Waals surface area contributed by atoms with E-state index in [1.165, 1.54) is 25.7 Å². The number of nitrogens with zero attached hydrogens (tertiary/aromatic N) is 2. The van der Waals surface area contributed by atoms with Crippen LogP contribution >= 0.6 is 0 Å². The maximum absolute atomic E-state index is 5.99. The Morgan fingerprint density at radius 1 is 1.29 bits per heavy atom. The van der Waals surface area contributed by atoms with E-state index in [4.69, 9.17) is 10.5 Å². The van der Waals surface area contributed by atoms with Crippen molar-refractivity contribution in [2.24, 2.45) is 11.8 Å². The number of pyridine rings is 1. The molecule has 4 heteroatoms. The molecule has 1 heterocycles. The maximum Gasteiger partial charge on any atom is 0.239 e. The molecular formula is C17H29N3O. The molecule has 1 saturated carbocycles. The Morgan fingerprint density at radius 2 is 2.00 bits per heavy atom. The van der Waals surface area contributed by atoms with Gasteiger partial charge in [-0.05, 0) is 43.7 Å². The molecule has 118 valence electrons. The summed E-state index contributed by atoms with van der Waals surface area (Å²) in [4.78, 5) is 6.96. The zero-order chi connectivity index (χ0) is 15.2. The van der Waals surface area contributed by atoms with E-state index in [9.17, 15) is 0 Å². The number of rotatable bonds is 9. The molecule has 1 aromatic rings. The summed E-state index contributed by atoms with van der Waals surface area (Å²) >= 11 is 0. The summed E-state index contributed by atoms with van der Waals surface area (Å²) in [5, 5.41) is 0. The van der Waals surface area contributed by atoms with Crippen molar-refractivity contribution in [3.8, 4) is 5.88 Å². The Balaban J connectivity index is 2.06. The molecule has 21 heavy (non-hydrogen) atoms. The summed E-state index contributed by atoms with van der Waals surface area (Å²) in [7, 11) is 0. The normalized spacial score (nSPS) is 14.5. The molecular weight excluding hydrogens is 262 g/mol. The van der Waals surface area contributed by atoms with E-state index in [1.807, 2.05) is 12.1 Å². The van der Waals surface area contributed by atoms with Crippen LogP contribution in [0.25, 0.3) is 0 Å². The van der Waals surface area contributed by atoms with Crippen LogP contribution in [-0.2, 0) is 0 Å². The highest BCUT2D eigenvalue weighted by atomic mass is 16.5. The van der Waals surface area contributed by atoms with Crippen molar-refractivity contribution >= 4 is 11.5 Å². The van der Waals surface area contributed by atoms with Gasteiger partial charge in [0, 0.05) is 13.1 Å². The quantitative estimate of drug-likeness (QED) is 0.753. The third-order valence-corrected chi connectivity index (χ3v) is 4.37. The Labute approximate surface area is 128 Å². The Kier molecular flexibility index (Phi) is 5.71. The molecule has 2 rings (SSSR count). The van der Waals surface area contributed by atoms with Crippen LogP contribution < -0.4 is 15.4 Å². The standard InChI is InChI=1S/C17H29N3O/c1-4-13(5-2)11-20(6-3)16-10-9-15(18)17(19-16)21-12-14-7-8-14/h9-10,13-14H,4-8,11-12,18H2,1-3H3. The fourth-order valence-electron chi connectivity index (χ4n) is 2.46. The Hall–Kier alpha value is -1.45. The van der Waals surface area contributed by atoms with Crippen LogP contribution in [0.3, 0.4) is 0 Å². The summed E-state index contributed by atoms with van der Waals surface area (Å²) in [5.41, 5.74) is 6.62. The lowest BCUT2D eigenvalue weighted by atomic mass is 10.0. The molecule has 1 aliphatic carbocycles. The predicted octanol–water partition coefficient (Wildman–Crippen LogP) is 3.72. The number of nitrogen functional groups attached to an aromatic ring is 1. The van der Waals surface area contributed by atoms with Gasteiger partial charge in [-0.15, -0.1) is 0 Å². The first-order valence-electron chi connectivity index (χ1n) is 8.32. The first kappa shape index (κ1) is 15.9. The molecule has 0 aromatic carbocycles. The predicted molar refractivity (Wildman–Crippen MR) is 88.8 cm³/mol. The molecule has 1 aliphatic rings. The highest BCUT2D eigenvalue weighted by Crippen LogP contribution is 2.31. The van der Waals surface area contributed by atoms with E-state index >= 15 is 0 Å². The van der Waals surface area contributed by atoms with Crippen LogP contribution in [0.15, 0.2) is 12.1 Å². The second-order valence-corrected chi connectivity index (χ2v) is 6.04. The summed E-state index contributed by atoms with van der Waals surface area (Å²) in [5.74, 6) is 2.99. The summed E-state index contributed by atoms with van der Waals surface area (Å²) in [6.07, 6.45) is 4.95. The van der Waals surface area contributed by atoms with E-state index in [0.29, 0.717) is 23.4 Å². The van der Waals surface area contributed by atoms with Crippen molar-refractivity contribution in [1.29, 1.82) is 0 Å². The van der Waals surface area contributed by atoms with Crippen LogP contribution in [-0.4, -0.2) is 24.7 Å². The molecule has 1 aromatic heterocycles. The van der Waals surface area contributed by atoms with Crippen molar-refractivity contribution in [3.63, 3.8) is 0 Å². The summed E-state index contributed by atoms with van der Waals surface area (Å²) in [6, 6.07) is 3.92. The summed E-state index contributed by atoms with van der Waals surface area (Å²) < 4.78 is 5.79. The molecule has 0 spiro atoms. The van der Waals surface area contributed by atoms with Crippen molar-refractivity contribution in [2.75, 3.05) is 30.3 Å². The lowest BCUT2D eigenvalue weighted by molar-refractivity contribution is 0.290. The first-order chi connectivity index (χ1) is 10.2. The summed E-state index contributed by atoms with van der Waals surface area (Å²) in [6.45, 7) is 9.42. The lowest BCUT2D eigenvalue weighted by Gasteiger charge is -2.27.